The molecular weight excluding hydrogens is 380 g/mol. The molecule has 28 heavy (non-hydrogen) atoms. The standard InChI is InChI=1S/C18H20N6O3S/c19-17-23-7-14(28-17)16(26)24-8-11-10(13-1-2-18(11,9-24)27-13)5-22-15(25)12-6-20-3-4-21-12/h3-4,6-7,10-11,13H,1-2,5,8-9H2,(H2,19,23)(H,22,25)/t10-,11+,13+,18+/m0/s1. The van der Waals surface area contributed by atoms with Gasteiger partial charge in [-0.2, -0.15) is 0 Å². The first kappa shape index (κ1) is 17.5. The van der Waals surface area contributed by atoms with E-state index in [4.69, 9.17) is 10.5 Å². The smallest absolute Gasteiger partial charge is 0.271 e. The SMILES string of the molecule is Nc1ncc(C(=O)N2C[C@@H]3[C@H](CNC(=O)c4cnccn4)[C@H]4CC[C@]3(C2)O4)s1. The van der Waals surface area contributed by atoms with E-state index >= 15 is 0 Å². The number of carbonyl (C=O) groups is 2. The summed E-state index contributed by atoms with van der Waals surface area (Å²) in [4.78, 5) is 39.5. The molecule has 0 saturated carbocycles. The third-order valence-electron chi connectivity index (χ3n) is 6.10. The molecule has 0 aliphatic carbocycles. The van der Waals surface area contributed by atoms with Crippen molar-refractivity contribution in [1.82, 2.24) is 25.2 Å². The van der Waals surface area contributed by atoms with Gasteiger partial charge >= 0.3 is 0 Å². The molecule has 3 aliphatic heterocycles. The Morgan fingerprint density at radius 1 is 1.36 bits per heavy atom. The van der Waals surface area contributed by atoms with Crippen molar-refractivity contribution >= 4 is 28.3 Å². The molecule has 4 atom stereocenters. The number of amides is 2. The van der Waals surface area contributed by atoms with E-state index in [1.165, 1.54) is 36.1 Å². The van der Waals surface area contributed by atoms with Gasteiger partial charge in [0.25, 0.3) is 11.8 Å². The van der Waals surface area contributed by atoms with Crippen molar-refractivity contribution in [1.29, 1.82) is 0 Å². The van der Waals surface area contributed by atoms with Crippen molar-refractivity contribution in [2.45, 2.75) is 24.5 Å². The van der Waals surface area contributed by atoms with E-state index in [1.54, 1.807) is 0 Å². The number of fused-ring (bicyclic) bond motifs is 1. The van der Waals surface area contributed by atoms with E-state index in [0.29, 0.717) is 35.3 Å². The van der Waals surface area contributed by atoms with Crippen molar-refractivity contribution in [2.75, 3.05) is 25.4 Å². The van der Waals surface area contributed by atoms with Crippen LogP contribution < -0.4 is 11.1 Å². The lowest BCUT2D eigenvalue weighted by molar-refractivity contribution is 0.00322. The Morgan fingerprint density at radius 2 is 2.25 bits per heavy atom. The first-order valence-electron chi connectivity index (χ1n) is 9.28. The molecule has 2 aromatic rings. The fraction of sp³-hybridized carbons (Fsp3) is 0.500. The maximum Gasteiger partial charge on any atom is 0.271 e. The zero-order valence-electron chi connectivity index (χ0n) is 15.1. The lowest BCUT2D eigenvalue weighted by atomic mass is 9.73. The molecular formula is C18H20N6O3S. The number of anilines is 1. The third-order valence-corrected chi connectivity index (χ3v) is 6.91. The average Bonchev–Trinajstić information content (AvgIpc) is 3.46. The number of nitrogens with two attached hydrogens (primary N) is 1. The van der Waals surface area contributed by atoms with Crippen LogP contribution in [0.1, 0.15) is 33.0 Å². The number of aromatic nitrogens is 3. The van der Waals surface area contributed by atoms with Crippen molar-refractivity contribution in [3.63, 3.8) is 0 Å². The molecule has 2 bridgehead atoms. The van der Waals surface area contributed by atoms with Crippen molar-refractivity contribution < 1.29 is 14.3 Å². The number of carbonyl (C=O) groups excluding carboxylic acids is 2. The van der Waals surface area contributed by atoms with Gasteiger partial charge in [0.15, 0.2) is 5.13 Å². The van der Waals surface area contributed by atoms with Gasteiger partial charge in [0, 0.05) is 37.3 Å². The number of thiazole rings is 1. The topological polar surface area (TPSA) is 123 Å². The molecule has 0 radical (unpaired) electrons. The molecule has 5 rings (SSSR count). The molecule has 0 unspecified atom stereocenters. The Morgan fingerprint density at radius 3 is 3.00 bits per heavy atom. The predicted octanol–water partition coefficient (Wildman–Crippen LogP) is 0.565. The molecule has 5 heterocycles. The van der Waals surface area contributed by atoms with Gasteiger partial charge in [0.2, 0.25) is 0 Å². The Bertz CT molecular complexity index is 921. The highest BCUT2D eigenvalue weighted by atomic mass is 32.1. The van der Waals surface area contributed by atoms with Crippen LogP contribution in [-0.2, 0) is 4.74 Å². The van der Waals surface area contributed by atoms with Crippen LogP contribution in [0.4, 0.5) is 5.13 Å². The van der Waals surface area contributed by atoms with E-state index in [1.807, 2.05) is 4.90 Å². The van der Waals surface area contributed by atoms with Crippen LogP contribution in [-0.4, -0.2) is 63.0 Å². The fourth-order valence-electron chi connectivity index (χ4n) is 4.88. The molecule has 9 nitrogen and oxygen atoms in total. The second kappa shape index (κ2) is 6.49. The van der Waals surface area contributed by atoms with Crippen LogP contribution in [0.2, 0.25) is 0 Å². The summed E-state index contributed by atoms with van der Waals surface area (Å²) in [5, 5.41) is 3.36. The minimum absolute atomic E-state index is 0.0487. The summed E-state index contributed by atoms with van der Waals surface area (Å²) in [5.74, 6) is 0.102. The maximum absolute atomic E-state index is 12.8. The first-order chi connectivity index (χ1) is 13.6. The number of nitrogens with one attached hydrogen (secondary N) is 1. The summed E-state index contributed by atoms with van der Waals surface area (Å²) in [7, 11) is 0. The van der Waals surface area contributed by atoms with Crippen LogP contribution in [0.25, 0.3) is 0 Å². The quantitative estimate of drug-likeness (QED) is 0.769. The molecule has 10 heteroatoms. The predicted molar refractivity (Wildman–Crippen MR) is 101 cm³/mol. The highest BCUT2D eigenvalue weighted by Crippen LogP contribution is 2.54. The van der Waals surface area contributed by atoms with Gasteiger partial charge in [-0.1, -0.05) is 11.3 Å². The van der Waals surface area contributed by atoms with Gasteiger partial charge < -0.3 is 20.7 Å². The summed E-state index contributed by atoms with van der Waals surface area (Å²) >= 11 is 1.21. The fourth-order valence-corrected chi connectivity index (χ4v) is 5.53. The summed E-state index contributed by atoms with van der Waals surface area (Å²) in [6, 6.07) is 0. The Balaban J connectivity index is 1.28. The summed E-state index contributed by atoms with van der Waals surface area (Å²) < 4.78 is 6.35. The Kier molecular flexibility index (Phi) is 4.06. The average molecular weight is 400 g/mol. The first-order valence-corrected chi connectivity index (χ1v) is 10.1. The van der Waals surface area contributed by atoms with Gasteiger partial charge in [0.1, 0.15) is 10.6 Å². The van der Waals surface area contributed by atoms with Gasteiger partial charge in [0.05, 0.1) is 30.6 Å². The Labute approximate surface area is 165 Å². The molecule has 1 spiro atoms. The van der Waals surface area contributed by atoms with Crippen LogP contribution in [0.3, 0.4) is 0 Å². The van der Waals surface area contributed by atoms with Crippen LogP contribution in [0, 0.1) is 11.8 Å². The second-order valence-corrected chi connectivity index (χ2v) is 8.64. The zero-order chi connectivity index (χ0) is 19.3. The molecule has 3 saturated heterocycles. The number of nitrogen functional groups attached to an aromatic ring is 1. The van der Waals surface area contributed by atoms with Gasteiger partial charge in [-0.25, -0.2) is 9.97 Å². The molecule has 2 aromatic heterocycles. The van der Waals surface area contributed by atoms with Crippen molar-refractivity contribution in [3.05, 3.63) is 35.4 Å². The maximum atomic E-state index is 12.8. The summed E-state index contributed by atoms with van der Waals surface area (Å²) in [6.45, 7) is 1.71. The Hall–Kier alpha value is -2.59. The van der Waals surface area contributed by atoms with Gasteiger partial charge in [-0.15, -0.1) is 0 Å². The highest BCUT2D eigenvalue weighted by Gasteiger charge is 2.63. The number of likely N-dealkylation sites (tertiary alicyclic amines) is 1. The monoisotopic (exact) mass is 400 g/mol. The zero-order valence-corrected chi connectivity index (χ0v) is 15.9. The lowest BCUT2D eigenvalue weighted by Gasteiger charge is -2.29. The molecule has 3 fully saturated rings. The van der Waals surface area contributed by atoms with Crippen LogP contribution in [0.5, 0.6) is 0 Å². The van der Waals surface area contributed by atoms with Gasteiger partial charge in [-0.3, -0.25) is 14.6 Å². The van der Waals surface area contributed by atoms with E-state index in [2.05, 4.69) is 20.3 Å². The minimum Gasteiger partial charge on any atom is -0.375 e. The van der Waals surface area contributed by atoms with Crippen molar-refractivity contribution in [3.8, 4) is 0 Å². The second-order valence-electron chi connectivity index (χ2n) is 7.58. The number of rotatable bonds is 4. The van der Waals surface area contributed by atoms with E-state index in [9.17, 15) is 9.59 Å². The molecule has 3 N–H and O–H groups in total. The van der Waals surface area contributed by atoms with E-state index < -0.39 is 0 Å². The van der Waals surface area contributed by atoms with Crippen LogP contribution in [0.15, 0.2) is 24.8 Å². The largest absolute Gasteiger partial charge is 0.375 e. The summed E-state index contributed by atoms with van der Waals surface area (Å²) in [6.07, 6.45) is 8.05. The molecule has 146 valence electrons. The molecule has 3 aliphatic rings. The molecule has 0 aromatic carbocycles. The lowest BCUT2D eigenvalue weighted by Crippen LogP contribution is -2.42. The summed E-state index contributed by atoms with van der Waals surface area (Å²) in [5.41, 5.74) is 5.67. The van der Waals surface area contributed by atoms with Crippen LogP contribution >= 0.6 is 11.3 Å². The van der Waals surface area contributed by atoms with E-state index in [0.717, 1.165) is 12.8 Å². The number of nitrogens with zero attached hydrogens (tertiary/aromatic N) is 4. The number of hydrogen-bond acceptors (Lipinski definition) is 8. The normalized spacial score (nSPS) is 30.4. The third kappa shape index (κ3) is 2.75. The van der Waals surface area contributed by atoms with Gasteiger partial charge in [-0.05, 0) is 12.8 Å². The van der Waals surface area contributed by atoms with Crippen molar-refractivity contribution in [2.24, 2.45) is 11.8 Å². The number of ether oxygens (including phenoxy) is 1. The highest BCUT2D eigenvalue weighted by molar-refractivity contribution is 7.17. The number of hydrogen-bond donors (Lipinski definition) is 2. The minimum atomic E-state index is -0.293. The molecule has 2 amide bonds. The van der Waals surface area contributed by atoms with E-state index in [-0.39, 0.29) is 35.4 Å².